The number of ether oxygens (including phenoxy) is 3. The number of hydrogen-bond acceptors (Lipinski definition) is 12. The summed E-state index contributed by atoms with van der Waals surface area (Å²) in [6.45, 7) is 2.10. The number of fused-ring (bicyclic) bond motifs is 1. The molecule has 0 aliphatic heterocycles. The molecule has 1 atom stereocenters. The average Bonchev–Trinajstić information content (AvgIpc) is 3.92. The Hall–Kier alpha value is -3.95. The molecule has 11 nitrogen and oxygen atoms in total. The van der Waals surface area contributed by atoms with Gasteiger partial charge in [-0.15, -0.1) is 22.7 Å². The number of phenolic OH excluding ortho intramolecular Hbond substituents is 1. The number of halogens is 1. The Morgan fingerprint density at radius 3 is 2.44 bits per heavy atom. The molecule has 14 heteroatoms. The number of nitrogens with one attached hydrogen (secondary N) is 2. The molecule has 1 fully saturated rings. The highest BCUT2D eigenvalue weighted by molar-refractivity contribution is 7.12. The number of rotatable bonds is 17. The van der Waals surface area contributed by atoms with Crippen LogP contribution in [0.25, 0.3) is 10.9 Å². The molecule has 288 valence electrons. The Morgan fingerprint density at radius 2 is 1.78 bits per heavy atom. The van der Waals surface area contributed by atoms with Crippen molar-refractivity contribution in [3.8, 4) is 17.2 Å². The number of carbonyl (C=O) groups is 1. The minimum absolute atomic E-state index is 0.0531. The number of phenols is 1. The van der Waals surface area contributed by atoms with Gasteiger partial charge in [0.2, 0.25) is 11.2 Å². The number of aromatic amines is 1. The average molecular weight is 796 g/mol. The van der Waals surface area contributed by atoms with E-state index in [2.05, 4.69) is 22.2 Å². The summed E-state index contributed by atoms with van der Waals surface area (Å²) in [5.74, 6) is 0.540. The SMILES string of the molecule is COc1cc(OCCCN(C)[C@H]2CC[C@H](OC(=O)C(O)(c3cccs3)c3cccs3)CC2)c(Cl)cc1CCNC[C@H](O)c1ccc(O)c2[nH]c(=O)ccc12. The quantitative estimate of drug-likeness (QED) is 0.0530. The highest BCUT2D eigenvalue weighted by atomic mass is 35.5. The summed E-state index contributed by atoms with van der Waals surface area (Å²) in [7, 11) is 3.71. The number of pyridine rings is 1. The molecular weight excluding hydrogens is 750 g/mol. The van der Waals surface area contributed by atoms with Gasteiger partial charge in [0.05, 0.1) is 40.1 Å². The predicted octanol–water partition coefficient (Wildman–Crippen LogP) is 6.38. The third kappa shape index (κ3) is 9.11. The first-order valence-corrected chi connectivity index (χ1v) is 20.2. The lowest BCUT2D eigenvalue weighted by molar-refractivity contribution is -0.169. The minimum Gasteiger partial charge on any atom is -0.506 e. The molecule has 5 aromatic rings. The maximum Gasteiger partial charge on any atom is 0.349 e. The molecule has 1 aliphatic rings. The van der Waals surface area contributed by atoms with Crippen molar-refractivity contribution < 1.29 is 34.3 Å². The lowest BCUT2D eigenvalue weighted by Crippen LogP contribution is -2.42. The van der Waals surface area contributed by atoms with Crippen LogP contribution >= 0.6 is 34.3 Å². The number of carbonyl (C=O) groups excluding carboxylic acids is 1. The van der Waals surface area contributed by atoms with Gasteiger partial charge in [-0.05, 0) is 104 Å². The smallest absolute Gasteiger partial charge is 0.349 e. The van der Waals surface area contributed by atoms with Crippen molar-refractivity contribution in [1.82, 2.24) is 15.2 Å². The second-order valence-electron chi connectivity index (χ2n) is 13.5. The first-order valence-electron chi connectivity index (χ1n) is 18.0. The summed E-state index contributed by atoms with van der Waals surface area (Å²) < 4.78 is 17.6. The van der Waals surface area contributed by atoms with Gasteiger partial charge < -0.3 is 44.7 Å². The zero-order valence-electron chi connectivity index (χ0n) is 30.3. The highest BCUT2D eigenvalue weighted by Gasteiger charge is 2.45. The minimum atomic E-state index is -1.79. The Labute approximate surface area is 327 Å². The number of methoxy groups -OCH3 is 1. The first-order chi connectivity index (χ1) is 26.1. The molecule has 0 bridgehead atoms. The van der Waals surface area contributed by atoms with Gasteiger partial charge >= 0.3 is 5.97 Å². The van der Waals surface area contributed by atoms with E-state index in [4.69, 9.17) is 25.8 Å². The lowest BCUT2D eigenvalue weighted by atomic mass is 9.91. The standard InChI is InChI=1S/C40H46ClN3O8S2/c1-44(26-8-10-27(11-9-26)52-39(48)40(49,35-6-3-20-53-35)36-7-4-21-54-36)18-5-19-51-34-23-33(50-2)25(22-30(34)41)16-17-42-24-32(46)28-12-14-31(45)38-29(28)13-15-37(47)43-38/h3-4,6-7,12-15,20-23,26-27,32,42,45-46,49H,5,8-11,16-19,24H2,1-2H3,(H,43,47)/t26-,27-,32-/m0/s1. The van der Waals surface area contributed by atoms with Crippen LogP contribution in [0.1, 0.15) is 59.1 Å². The third-order valence-electron chi connectivity index (χ3n) is 10.0. The van der Waals surface area contributed by atoms with Crippen LogP contribution in [0.4, 0.5) is 0 Å². The zero-order valence-corrected chi connectivity index (χ0v) is 32.6. The van der Waals surface area contributed by atoms with Gasteiger partial charge in [-0.3, -0.25) is 4.79 Å². The van der Waals surface area contributed by atoms with Crippen LogP contribution in [0.3, 0.4) is 0 Å². The van der Waals surface area contributed by atoms with E-state index >= 15 is 0 Å². The molecular formula is C40H46ClN3O8S2. The van der Waals surface area contributed by atoms with Gasteiger partial charge in [0.1, 0.15) is 23.4 Å². The molecule has 0 spiro atoms. The third-order valence-corrected chi connectivity index (χ3v) is 12.3. The van der Waals surface area contributed by atoms with Crippen molar-refractivity contribution in [2.75, 3.05) is 40.4 Å². The summed E-state index contributed by atoms with van der Waals surface area (Å²) in [6.07, 6.45) is 3.53. The van der Waals surface area contributed by atoms with Crippen LogP contribution in [0.2, 0.25) is 5.02 Å². The number of esters is 1. The molecule has 1 aliphatic carbocycles. The molecule has 1 saturated carbocycles. The molecule has 0 saturated heterocycles. The van der Waals surface area contributed by atoms with Crippen molar-refractivity contribution in [3.05, 3.63) is 108 Å². The molecule has 3 aromatic heterocycles. The maximum absolute atomic E-state index is 13.4. The number of benzene rings is 2. The van der Waals surface area contributed by atoms with Gasteiger partial charge in [-0.1, -0.05) is 29.8 Å². The van der Waals surface area contributed by atoms with E-state index in [0.29, 0.717) is 68.4 Å². The lowest BCUT2D eigenvalue weighted by Gasteiger charge is -2.35. The number of aliphatic hydroxyl groups excluding tert-OH is 1. The van der Waals surface area contributed by atoms with Gasteiger partial charge in [0, 0.05) is 36.7 Å². The number of aromatic nitrogens is 1. The Morgan fingerprint density at radius 1 is 1.06 bits per heavy atom. The monoisotopic (exact) mass is 795 g/mol. The molecule has 3 heterocycles. The second kappa shape index (κ2) is 18.1. The fraction of sp³-hybridized carbons (Fsp3) is 0.400. The molecule has 0 radical (unpaired) electrons. The first kappa shape index (κ1) is 39.7. The van der Waals surface area contributed by atoms with Gasteiger partial charge in [-0.25, -0.2) is 4.79 Å². The number of aliphatic hydroxyl groups is 2. The van der Waals surface area contributed by atoms with Crippen LogP contribution in [0.15, 0.2) is 76.2 Å². The zero-order chi connectivity index (χ0) is 38.2. The maximum atomic E-state index is 13.4. The second-order valence-corrected chi connectivity index (χ2v) is 15.8. The number of H-pyrrole nitrogens is 1. The number of nitrogens with zero attached hydrogens (tertiary/aromatic N) is 1. The van der Waals surface area contributed by atoms with Crippen molar-refractivity contribution >= 4 is 51.1 Å². The topological polar surface area (TPSA) is 154 Å². The molecule has 5 N–H and O–H groups in total. The molecule has 2 aromatic carbocycles. The predicted molar refractivity (Wildman–Crippen MR) is 212 cm³/mol. The summed E-state index contributed by atoms with van der Waals surface area (Å²) in [5.41, 5.74) is -0.330. The van der Waals surface area contributed by atoms with E-state index in [1.165, 1.54) is 34.8 Å². The van der Waals surface area contributed by atoms with Crippen molar-refractivity contribution in [3.63, 3.8) is 0 Å². The van der Waals surface area contributed by atoms with E-state index in [0.717, 1.165) is 44.2 Å². The van der Waals surface area contributed by atoms with E-state index < -0.39 is 17.7 Å². The van der Waals surface area contributed by atoms with Gasteiger partial charge in [0.15, 0.2) is 0 Å². The van der Waals surface area contributed by atoms with Gasteiger partial charge in [0.25, 0.3) is 0 Å². The van der Waals surface area contributed by atoms with Crippen molar-refractivity contribution in [2.24, 2.45) is 0 Å². The van der Waals surface area contributed by atoms with E-state index in [1.54, 1.807) is 37.4 Å². The molecule has 0 amide bonds. The molecule has 54 heavy (non-hydrogen) atoms. The van der Waals surface area contributed by atoms with E-state index in [1.807, 2.05) is 29.0 Å². The summed E-state index contributed by atoms with van der Waals surface area (Å²) in [6, 6.07) is 17.3. The Kier molecular flexibility index (Phi) is 13.3. The highest BCUT2D eigenvalue weighted by Crippen LogP contribution is 2.38. The Balaban J connectivity index is 0.923. The normalized spacial score (nSPS) is 16.8. The van der Waals surface area contributed by atoms with Crippen LogP contribution < -0.4 is 20.3 Å². The van der Waals surface area contributed by atoms with Gasteiger partial charge in [-0.2, -0.15) is 0 Å². The largest absolute Gasteiger partial charge is 0.506 e. The Bertz CT molecular complexity index is 2010. The fourth-order valence-corrected chi connectivity index (χ4v) is 8.96. The van der Waals surface area contributed by atoms with Crippen molar-refractivity contribution in [1.29, 1.82) is 0 Å². The fourth-order valence-electron chi connectivity index (χ4n) is 7.00. The van der Waals surface area contributed by atoms with Crippen LogP contribution in [-0.4, -0.2) is 83.7 Å². The van der Waals surface area contributed by atoms with Crippen molar-refractivity contribution in [2.45, 2.75) is 62.4 Å². The molecule has 6 rings (SSSR count). The van der Waals surface area contributed by atoms with E-state index in [9.17, 15) is 24.9 Å². The number of thiophene rings is 2. The van der Waals surface area contributed by atoms with Crippen LogP contribution in [0, 0.1) is 0 Å². The van der Waals surface area contributed by atoms with E-state index in [-0.39, 0.29) is 24.0 Å². The molecule has 0 unspecified atom stereocenters. The van der Waals surface area contributed by atoms with Crippen LogP contribution in [-0.2, 0) is 21.6 Å². The number of hydrogen-bond donors (Lipinski definition) is 5. The summed E-state index contributed by atoms with van der Waals surface area (Å²) in [4.78, 5) is 31.2. The van der Waals surface area contributed by atoms with Crippen LogP contribution in [0.5, 0.6) is 17.2 Å². The summed E-state index contributed by atoms with van der Waals surface area (Å²) in [5, 5.41) is 40.6. The summed E-state index contributed by atoms with van der Waals surface area (Å²) >= 11 is 9.32. The number of aromatic hydroxyl groups is 1.